The van der Waals surface area contributed by atoms with Crippen LogP contribution in [0.1, 0.15) is 38.2 Å². The van der Waals surface area contributed by atoms with Crippen LogP contribution in [-0.4, -0.2) is 44.7 Å². The molecule has 0 aromatic heterocycles. The summed E-state index contributed by atoms with van der Waals surface area (Å²) in [5.74, 6) is 1.06. The van der Waals surface area contributed by atoms with Crippen molar-refractivity contribution < 1.29 is 9.53 Å². The van der Waals surface area contributed by atoms with Crippen LogP contribution < -0.4 is 15.5 Å². The summed E-state index contributed by atoms with van der Waals surface area (Å²) in [6.07, 6.45) is 5.84. The van der Waals surface area contributed by atoms with E-state index in [9.17, 15) is 4.79 Å². The minimum absolute atomic E-state index is 0.221. The second kappa shape index (κ2) is 10.1. The Morgan fingerprint density at radius 3 is 2.74 bits per heavy atom. The molecule has 1 saturated heterocycles. The van der Waals surface area contributed by atoms with Gasteiger partial charge >= 0.3 is 0 Å². The van der Waals surface area contributed by atoms with Crippen LogP contribution in [0.2, 0.25) is 0 Å². The lowest BCUT2D eigenvalue weighted by Crippen LogP contribution is -2.38. The number of carbonyl (C=O) groups excluding carboxylic acids is 1. The zero-order chi connectivity index (χ0) is 18.9. The molecule has 27 heavy (non-hydrogen) atoms. The lowest BCUT2D eigenvalue weighted by molar-refractivity contribution is -0.117. The quantitative estimate of drug-likeness (QED) is 0.440. The van der Waals surface area contributed by atoms with Gasteiger partial charge in [-0.25, -0.2) is 4.99 Å². The Kier molecular flexibility index (Phi) is 7.27. The van der Waals surface area contributed by atoms with Crippen LogP contribution in [0.15, 0.2) is 40.9 Å². The number of aliphatic imine (C=N–C) groups is 1. The lowest BCUT2D eigenvalue weighted by Gasteiger charge is -2.16. The van der Waals surface area contributed by atoms with Gasteiger partial charge in [-0.05, 0) is 43.9 Å². The first-order valence-corrected chi connectivity index (χ1v) is 9.93. The van der Waals surface area contributed by atoms with Gasteiger partial charge in [0.1, 0.15) is 0 Å². The second-order valence-electron chi connectivity index (χ2n) is 6.87. The summed E-state index contributed by atoms with van der Waals surface area (Å²) in [5.41, 5.74) is 3.58. The topological polar surface area (TPSA) is 66.0 Å². The Morgan fingerprint density at radius 1 is 1.22 bits per heavy atom. The van der Waals surface area contributed by atoms with Gasteiger partial charge in [0.15, 0.2) is 5.96 Å². The first kappa shape index (κ1) is 19.4. The summed E-state index contributed by atoms with van der Waals surface area (Å²) in [5, 5.41) is 6.70. The van der Waals surface area contributed by atoms with E-state index in [0.717, 1.165) is 69.3 Å². The number of carbonyl (C=O) groups is 1. The second-order valence-corrected chi connectivity index (χ2v) is 6.87. The van der Waals surface area contributed by atoms with Crippen molar-refractivity contribution in [3.8, 4) is 0 Å². The maximum Gasteiger partial charge on any atom is 0.227 e. The molecule has 146 valence electrons. The fourth-order valence-electron chi connectivity index (χ4n) is 3.35. The molecule has 0 aliphatic carbocycles. The van der Waals surface area contributed by atoms with Gasteiger partial charge in [-0.3, -0.25) is 4.79 Å². The third kappa shape index (κ3) is 5.82. The van der Waals surface area contributed by atoms with Gasteiger partial charge < -0.3 is 20.3 Å². The molecule has 1 aromatic carbocycles. The van der Waals surface area contributed by atoms with E-state index >= 15 is 0 Å². The number of hydrogen-bond donors (Lipinski definition) is 2. The van der Waals surface area contributed by atoms with Crippen molar-refractivity contribution in [2.75, 3.05) is 37.7 Å². The van der Waals surface area contributed by atoms with Crippen LogP contribution in [0, 0.1) is 0 Å². The standard InChI is InChI=1S/C21H30N4O2/c1-2-22-21(23-12-9-17-10-14-27-15-11-17)24-16-18-5-7-19(8-6-18)25-13-3-4-20(25)26/h5-8,10H,2-4,9,11-16H2,1H3,(H2,22,23,24). The molecule has 0 bridgehead atoms. The summed E-state index contributed by atoms with van der Waals surface area (Å²) in [7, 11) is 0. The summed E-state index contributed by atoms with van der Waals surface area (Å²) in [6, 6.07) is 8.15. The Balaban J connectivity index is 1.51. The van der Waals surface area contributed by atoms with Crippen LogP contribution in [0.25, 0.3) is 0 Å². The van der Waals surface area contributed by atoms with Crippen molar-refractivity contribution in [2.24, 2.45) is 4.99 Å². The molecule has 0 unspecified atom stereocenters. The van der Waals surface area contributed by atoms with E-state index in [1.165, 1.54) is 5.57 Å². The number of hydrogen-bond acceptors (Lipinski definition) is 3. The summed E-state index contributed by atoms with van der Waals surface area (Å²) < 4.78 is 5.35. The fourth-order valence-corrected chi connectivity index (χ4v) is 3.35. The third-order valence-corrected chi connectivity index (χ3v) is 4.88. The van der Waals surface area contributed by atoms with Crippen LogP contribution in [-0.2, 0) is 16.1 Å². The van der Waals surface area contributed by atoms with E-state index in [-0.39, 0.29) is 5.91 Å². The summed E-state index contributed by atoms with van der Waals surface area (Å²) >= 11 is 0. The van der Waals surface area contributed by atoms with E-state index in [1.807, 2.05) is 17.0 Å². The van der Waals surface area contributed by atoms with Gasteiger partial charge in [-0.2, -0.15) is 0 Å². The van der Waals surface area contributed by atoms with Crippen LogP contribution >= 0.6 is 0 Å². The highest BCUT2D eigenvalue weighted by Gasteiger charge is 2.21. The number of benzene rings is 1. The monoisotopic (exact) mass is 370 g/mol. The number of amides is 1. The Hall–Kier alpha value is -2.34. The average Bonchev–Trinajstić information content (AvgIpc) is 3.13. The maximum absolute atomic E-state index is 11.8. The fraction of sp³-hybridized carbons (Fsp3) is 0.524. The normalized spacial score (nSPS) is 17.8. The van der Waals surface area contributed by atoms with E-state index in [2.05, 4.69) is 40.8 Å². The molecule has 0 saturated carbocycles. The van der Waals surface area contributed by atoms with E-state index in [0.29, 0.717) is 13.0 Å². The van der Waals surface area contributed by atoms with Crippen molar-refractivity contribution in [2.45, 2.75) is 39.2 Å². The van der Waals surface area contributed by atoms with Gasteiger partial charge in [0.2, 0.25) is 5.91 Å². The van der Waals surface area contributed by atoms with Gasteiger partial charge in [0.05, 0.1) is 19.8 Å². The molecule has 1 amide bonds. The smallest absolute Gasteiger partial charge is 0.227 e. The van der Waals surface area contributed by atoms with Crippen molar-refractivity contribution in [1.82, 2.24) is 10.6 Å². The minimum Gasteiger partial charge on any atom is -0.377 e. The molecule has 2 N–H and O–H groups in total. The number of anilines is 1. The minimum atomic E-state index is 0.221. The molecule has 1 aromatic rings. The van der Waals surface area contributed by atoms with Crippen LogP contribution in [0.5, 0.6) is 0 Å². The molecule has 2 aliphatic heterocycles. The molecule has 3 rings (SSSR count). The van der Waals surface area contributed by atoms with Crippen LogP contribution in [0.4, 0.5) is 5.69 Å². The van der Waals surface area contributed by atoms with Crippen molar-refractivity contribution in [3.05, 3.63) is 41.5 Å². The van der Waals surface area contributed by atoms with E-state index in [1.54, 1.807) is 0 Å². The predicted molar refractivity (Wildman–Crippen MR) is 109 cm³/mol. The number of nitrogens with zero attached hydrogens (tertiary/aromatic N) is 2. The first-order chi connectivity index (χ1) is 13.3. The highest BCUT2D eigenvalue weighted by Crippen LogP contribution is 2.21. The number of guanidine groups is 1. The molecule has 0 spiro atoms. The largest absolute Gasteiger partial charge is 0.377 e. The molecule has 1 fully saturated rings. The lowest BCUT2D eigenvalue weighted by atomic mass is 10.1. The molecule has 6 nitrogen and oxygen atoms in total. The highest BCUT2D eigenvalue weighted by molar-refractivity contribution is 5.95. The zero-order valence-corrected chi connectivity index (χ0v) is 16.2. The molecule has 2 heterocycles. The Morgan fingerprint density at radius 2 is 2.07 bits per heavy atom. The number of nitrogens with one attached hydrogen (secondary N) is 2. The SMILES string of the molecule is CCNC(=NCc1ccc(N2CCCC2=O)cc1)NCCC1=CCOCC1. The van der Waals surface area contributed by atoms with Crippen LogP contribution in [0.3, 0.4) is 0 Å². The highest BCUT2D eigenvalue weighted by atomic mass is 16.5. The van der Waals surface area contributed by atoms with Gasteiger partial charge in [0, 0.05) is 31.7 Å². The Bertz CT molecular complexity index is 682. The molecule has 2 aliphatic rings. The van der Waals surface area contributed by atoms with Crippen molar-refractivity contribution in [1.29, 1.82) is 0 Å². The third-order valence-electron chi connectivity index (χ3n) is 4.88. The molecular formula is C21H30N4O2. The number of rotatable bonds is 7. The van der Waals surface area contributed by atoms with Crippen molar-refractivity contribution >= 4 is 17.6 Å². The van der Waals surface area contributed by atoms with Gasteiger partial charge in [-0.15, -0.1) is 0 Å². The van der Waals surface area contributed by atoms with E-state index in [4.69, 9.17) is 4.74 Å². The van der Waals surface area contributed by atoms with Gasteiger partial charge in [-0.1, -0.05) is 23.8 Å². The maximum atomic E-state index is 11.8. The summed E-state index contributed by atoms with van der Waals surface area (Å²) in [6.45, 7) is 6.78. The zero-order valence-electron chi connectivity index (χ0n) is 16.2. The van der Waals surface area contributed by atoms with E-state index < -0.39 is 0 Å². The molecule has 6 heteroatoms. The average molecular weight is 370 g/mol. The number of ether oxygens (including phenoxy) is 1. The molecular weight excluding hydrogens is 340 g/mol. The Labute approximate surface area is 161 Å². The van der Waals surface area contributed by atoms with Crippen molar-refractivity contribution in [3.63, 3.8) is 0 Å². The summed E-state index contributed by atoms with van der Waals surface area (Å²) in [4.78, 5) is 18.4. The molecule has 0 atom stereocenters. The molecule has 0 radical (unpaired) electrons. The van der Waals surface area contributed by atoms with Gasteiger partial charge in [0.25, 0.3) is 0 Å². The predicted octanol–water partition coefficient (Wildman–Crippen LogP) is 2.61. The first-order valence-electron chi connectivity index (χ1n) is 9.93.